The third kappa shape index (κ3) is 3.31. The average Bonchev–Trinajstić information content (AvgIpc) is 3.41. The Morgan fingerprint density at radius 3 is 1.57 bits per heavy atom. The predicted molar refractivity (Wildman–Crippen MR) is 179 cm³/mol. The largest absolute Gasteiger partial charge is 0.456 e. The topological polar surface area (TPSA) is 13.1 Å². The molecular weight excluding hydrogens is 508 g/mol. The zero-order chi connectivity index (χ0) is 27.8. The molecule has 0 spiro atoms. The highest BCUT2D eigenvalue weighted by Gasteiger charge is 2.18. The van der Waals surface area contributed by atoms with E-state index in [-0.39, 0.29) is 0 Å². The van der Waals surface area contributed by atoms with Gasteiger partial charge < -0.3 is 4.42 Å². The Labute approximate surface area is 243 Å². The van der Waals surface area contributed by atoms with Crippen LogP contribution in [0.5, 0.6) is 0 Å². The van der Waals surface area contributed by atoms with Gasteiger partial charge in [-0.2, -0.15) is 0 Å². The van der Waals surface area contributed by atoms with E-state index in [0.717, 1.165) is 16.6 Å². The minimum atomic E-state index is 0.924. The first-order valence-corrected chi connectivity index (χ1v) is 14.5. The molecule has 0 aliphatic carbocycles. The number of rotatable bonds is 2. The van der Waals surface area contributed by atoms with Crippen LogP contribution in [-0.2, 0) is 0 Å². The van der Waals surface area contributed by atoms with Crippen LogP contribution in [0, 0.1) is 6.92 Å². The fourth-order valence-electron chi connectivity index (χ4n) is 7.03. The highest BCUT2D eigenvalue weighted by molar-refractivity contribution is 6.22. The SMILES string of the molecule is Cc1c2ccccc2cc2c1oc1cc(-c3c4ccccc4c(-c4ccc5ccccc5c4)c4ccccc34)ccc12. The van der Waals surface area contributed by atoms with Crippen molar-refractivity contribution in [2.24, 2.45) is 0 Å². The summed E-state index contributed by atoms with van der Waals surface area (Å²) in [6.07, 6.45) is 0. The monoisotopic (exact) mass is 534 g/mol. The number of aryl methyl sites for hydroxylation is 1. The van der Waals surface area contributed by atoms with E-state index in [1.54, 1.807) is 0 Å². The van der Waals surface area contributed by atoms with Crippen molar-refractivity contribution >= 4 is 65.0 Å². The Hall–Kier alpha value is -5.40. The number of hydrogen-bond donors (Lipinski definition) is 0. The fourth-order valence-corrected chi connectivity index (χ4v) is 7.03. The molecular formula is C41H26O. The van der Waals surface area contributed by atoms with Gasteiger partial charge in [-0.25, -0.2) is 0 Å². The quantitative estimate of drug-likeness (QED) is 0.201. The summed E-state index contributed by atoms with van der Waals surface area (Å²) < 4.78 is 6.61. The Kier molecular flexibility index (Phi) is 4.88. The van der Waals surface area contributed by atoms with Crippen LogP contribution in [0.25, 0.3) is 87.3 Å². The highest BCUT2D eigenvalue weighted by Crippen LogP contribution is 2.45. The van der Waals surface area contributed by atoms with E-state index in [1.807, 2.05) is 0 Å². The molecule has 0 radical (unpaired) electrons. The molecule has 1 heterocycles. The van der Waals surface area contributed by atoms with Crippen LogP contribution < -0.4 is 0 Å². The summed E-state index contributed by atoms with van der Waals surface area (Å²) in [5, 5.41) is 12.3. The van der Waals surface area contributed by atoms with Crippen molar-refractivity contribution in [2.75, 3.05) is 0 Å². The smallest absolute Gasteiger partial charge is 0.138 e. The second-order valence-electron chi connectivity index (χ2n) is 11.3. The van der Waals surface area contributed by atoms with Gasteiger partial charge in [0.1, 0.15) is 11.2 Å². The molecule has 0 N–H and O–H groups in total. The predicted octanol–water partition coefficient (Wildman–Crippen LogP) is 11.8. The Bertz CT molecular complexity index is 2470. The molecule has 0 amide bonds. The van der Waals surface area contributed by atoms with E-state index < -0.39 is 0 Å². The van der Waals surface area contributed by atoms with Crippen molar-refractivity contribution < 1.29 is 4.42 Å². The number of benzene rings is 8. The summed E-state index contributed by atoms with van der Waals surface area (Å²) in [6.45, 7) is 2.17. The lowest BCUT2D eigenvalue weighted by molar-refractivity contribution is 0.666. The molecule has 0 saturated carbocycles. The molecule has 0 unspecified atom stereocenters. The third-order valence-corrected chi connectivity index (χ3v) is 8.99. The fraction of sp³-hybridized carbons (Fsp3) is 0.0244. The Morgan fingerprint density at radius 2 is 0.905 bits per heavy atom. The van der Waals surface area contributed by atoms with Crippen LogP contribution >= 0.6 is 0 Å². The van der Waals surface area contributed by atoms with Crippen LogP contribution in [-0.4, -0.2) is 0 Å². The minimum absolute atomic E-state index is 0.924. The lowest BCUT2D eigenvalue weighted by Gasteiger charge is -2.18. The molecule has 0 saturated heterocycles. The molecule has 0 aliphatic heterocycles. The summed E-state index contributed by atoms with van der Waals surface area (Å²) in [6, 6.07) is 50.7. The van der Waals surface area contributed by atoms with Crippen molar-refractivity contribution in [3.8, 4) is 22.3 Å². The molecule has 196 valence electrons. The van der Waals surface area contributed by atoms with Crippen LogP contribution in [0.15, 0.2) is 144 Å². The van der Waals surface area contributed by atoms with Gasteiger partial charge in [0.05, 0.1) is 0 Å². The molecule has 0 aliphatic rings. The normalized spacial score (nSPS) is 11.9. The second-order valence-corrected chi connectivity index (χ2v) is 11.3. The van der Waals surface area contributed by atoms with Gasteiger partial charge in [-0.15, -0.1) is 0 Å². The van der Waals surface area contributed by atoms with Crippen LogP contribution in [0.2, 0.25) is 0 Å². The number of fused-ring (bicyclic) bond motifs is 7. The summed E-state index contributed by atoms with van der Waals surface area (Å²) in [7, 11) is 0. The van der Waals surface area contributed by atoms with E-state index in [0.29, 0.717) is 0 Å². The van der Waals surface area contributed by atoms with Gasteiger partial charge in [-0.1, -0.05) is 115 Å². The molecule has 0 bridgehead atoms. The Balaban J connectivity index is 1.34. The van der Waals surface area contributed by atoms with Crippen molar-refractivity contribution in [1.82, 2.24) is 0 Å². The van der Waals surface area contributed by atoms with Gasteiger partial charge in [0.25, 0.3) is 0 Å². The maximum absolute atomic E-state index is 6.61. The van der Waals surface area contributed by atoms with Gasteiger partial charge in [0.15, 0.2) is 0 Å². The maximum Gasteiger partial charge on any atom is 0.138 e. The number of furan rings is 1. The minimum Gasteiger partial charge on any atom is -0.456 e. The zero-order valence-electron chi connectivity index (χ0n) is 23.2. The average molecular weight is 535 g/mol. The van der Waals surface area contributed by atoms with Gasteiger partial charge in [-0.05, 0) is 96.5 Å². The van der Waals surface area contributed by atoms with Gasteiger partial charge in [-0.3, -0.25) is 0 Å². The molecule has 8 aromatic carbocycles. The zero-order valence-corrected chi connectivity index (χ0v) is 23.2. The molecule has 0 fully saturated rings. The first-order valence-electron chi connectivity index (χ1n) is 14.5. The standard InChI is InChI=1S/C41H26O/c1-25-31-13-5-4-12-28(31)23-37-32-21-20-30(24-38(32)42-41(25)37)40-35-16-8-6-14-33(35)39(34-15-7-9-17-36(34)40)29-19-18-26-10-2-3-11-27(26)22-29/h2-24H,1H3. The first-order chi connectivity index (χ1) is 20.7. The third-order valence-electron chi connectivity index (χ3n) is 8.99. The van der Waals surface area contributed by atoms with Crippen molar-refractivity contribution in [2.45, 2.75) is 6.92 Å². The summed E-state index contributed by atoms with van der Waals surface area (Å²) >= 11 is 0. The van der Waals surface area contributed by atoms with Crippen LogP contribution in [0.3, 0.4) is 0 Å². The van der Waals surface area contributed by atoms with Gasteiger partial charge >= 0.3 is 0 Å². The van der Waals surface area contributed by atoms with E-state index in [4.69, 9.17) is 4.42 Å². The second kappa shape index (κ2) is 8.80. The molecule has 9 rings (SSSR count). The van der Waals surface area contributed by atoms with Crippen molar-refractivity contribution in [3.05, 3.63) is 145 Å². The summed E-state index contributed by atoms with van der Waals surface area (Å²) in [5.41, 5.74) is 8.02. The number of hydrogen-bond acceptors (Lipinski definition) is 1. The lowest BCUT2D eigenvalue weighted by atomic mass is 9.85. The molecule has 1 heteroatoms. The molecule has 1 aromatic heterocycles. The van der Waals surface area contributed by atoms with Gasteiger partial charge in [0, 0.05) is 16.3 Å². The molecule has 9 aromatic rings. The van der Waals surface area contributed by atoms with E-state index in [2.05, 4.69) is 146 Å². The maximum atomic E-state index is 6.61. The molecule has 42 heavy (non-hydrogen) atoms. The summed E-state index contributed by atoms with van der Waals surface area (Å²) in [5.74, 6) is 0. The van der Waals surface area contributed by atoms with E-state index in [9.17, 15) is 0 Å². The van der Waals surface area contributed by atoms with E-state index in [1.165, 1.54) is 76.3 Å². The van der Waals surface area contributed by atoms with Crippen molar-refractivity contribution in [1.29, 1.82) is 0 Å². The highest BCUT2D eigenvalue weighted by atomic mass is 16.3. The lowest BCUT2D eigenvalue weighted by Crippen LogP contribution is -1.91. The first kappa shape index (κ1) is 23.3. The van der Waals surface area contributed by atoms with Gasteiger partial charge in [0.2, 0.25) is 0 Å². The van der Waals surface area contributed by atoms with E-state index >= 15 is 0 Å². The molecule has 0 atom stereocenters. The molecule has 1 nitrogen and oxygen atoms in total. The summed E-state index contributed by atoms with van der Waals surface area (Å²) in [4.78, 5) is 0. The Morgan fingerprint density at radius 1 is 0.381 bits per heavy atom. The van der Waals surface area contributed by atoms with Crippen LogP contribution in [0.1, 0.15) is 5.56 Å². The van der Waals surface area contributed by atoms with Crippen LogP contribution in [0.4, 0.5) is 0 Å². The van der Waals surface area contributed by atoms with Crippen molar-refractivity contribution in [3.63, 3.8) is 0 Å².